The summed E-state index contributed by atoms with van der Waals surface area (Å²) in [7, 11) is 6.59. The number of hydrogen-bond acceptors (Lipinski definition) is 3. The molecule has 0 spiro atoms. The van der Waals surface area contributed by atoms with Crippen molar-refractivity contribution in [2.24, 2.45) is 0 Å². The van der Waals surface area contributed by atoms with Crippen LogP contribution in [0, 0.1) is 0 Å². The van der Waals surface area contributed by atoms with E-state index >= 15 is 0 Å². The molecule has 1 aliphatic rings. The van der Waals surface area contributed by atoms with Crippen LogP contribution < -0.4 is 5.73 Å². The summed E-state index contributed by atoms with van der Waals surface area (Å²) in [5.74, 6) is 0. The summed E-state index contributed by atoms with van der Waals surface area (Å²) in [6.07, 6.45) is 3.97. The first-order valence-corrected chi connectivity index (χ1v) is 7.63. The lowest BCUT2D eigenvalue weighted by atomic mass is 9.75. The van der Waals surface area contributed by atoms with Crippen LogP contribution in [0.2, 0.25) is 0 Å². The predicted octanol–water partition coefficient (Wildman–Crippen LogP) is 2.95. The van der Waals surface area contributed by atoms with Crippen molar-refractivity contribution in [3.63, 3.8) is 0 Å². The average molecular weight is 326 g/mol. The van der Waals surface area contributed by atoms with E-state index in [1.54, 1.807) is 0 Å². The molecule has 0 radical (unpaired) electrons. The van der Waals surface area contributed by atoms with Crippen LogP contribution >= 0.6 is 15.9 Å². The summed E-state index contributed by atoms with van der Waals surface area (Å²) in [5, 5.41) is 0. The van der Waals surface area contributed by atoms with Gasteiger partial charge in [-0.1, -0.05) is 12.1 Å². The molecule has 106 valence electrons. The van der Waals surface area contributed by atoms with Gasteiger partial charge >= 0.3 is 0 Å². The van der Waals surface area contributed by atoms with Crippen molar-refractivity contribution in [3.05, 3.63) is 28.2 Å². The molecule has 0 aliphatic heterocycles. The second kappa shape index (κ2) is 5.81. The highest BCUT2D eigenvalue weighted by Gasteiger charge is 2.39. The van der Waals surface area contributed by atoms with Crippen molar-refractivity contribution in [2.45, 2.75) is 31.3 Å². The van der Waals surface area contributed by atoms with Crippen LogP contribution in [0.1, 0.15) is 24.8 Å². The van der Waals surface area contributed by atoms with E-state index in [9.17, 15) is 0 Å². The van der Waals surface area contributed by atoms with Crippen LogP contribution in [0.15, 0.2) is 22.7 Å². The van der Waals surface area contributed by atoms with E-state index in [0.717, 1.165) is 23.2 Å². The molecule has 1 fully saturated rings. The third-order valence-corrected chi connectivity index (χ3v) is 5.31. The molecule has 0 amide bonds. The molecule has 0 unspecified atom stereocenters. The van der Waals surface area contributed by atoms with E-state index in [-0.39, 0.29) is 0 Å². The zero-order valence-corrected chi connectivity index (χ0v) is 13.7. The van der Waals surface area contributed by atoms with E-state index in [1.165, 1.54) is 24.8 Å². The number of nitrogens with zero attached hydrogens (tertiary/aromatic N) is 2. The van der Waals surface area contributed by atoms with Gasteiger partial charge in [-0.2, -0.15) is 0 Å². The zero-order chi connectivity index (χ0) is 14.0. The first kappa shape index (κ1) is 14.8. The average Bonchev–Trinajstić information content (AvgIpc) is 2.29. The quantitative estimate of drug-likeness (QED) is 0.845. The van der Waals surface area contributed by atoms with Gasteiger partial charge in [0.1, 0.15) is 0 Å². The highest BCUT2D eigenvalue weighted by molar-refractivity contribution is 9.10. The second-order valence-corrected chi connectivity index (χ2v) is 6.76. The van der Waals surface area contributed by atoms with Gasteiger partial charge < -0.3 is 15.5 Å². The van der Waals surface area contributed by atoms with Gasteiger partial charge in [0.05, 0.1) is 0 Å². The van der Waals surface area contributed by atoms with Gasteiger partial charge in [-0.3, -0.25) is 0 Å². The molecule has 3 nitrogen and oxygen atoms in total. The number of halogens is 1. The monoisotopic (exact) mass is 325 g/mol. The van der Waals surface area contributed by atoms with Crippen molar-refractivity contribution < 1.29 is 0 Å². The van der Waals surface area contributed by atoms with Gasteiger partial charge in [0.25, 0.3) is 0 Å². The van der Waals surface area contributed by atoms with Crippen LogP contribution in [-0.4, -0.2) is 43.0 Å². The van der Waals surface area contributed by atoms with E-state index in [2.05, 4.69) is 52.9 Å². The van der Waals surface area contributed by atoms with Gasteiger partial charge in [-0.25, -0.2) is 0 Å². The molecule has 1 saturated carbocycles. The van der Waals surface area contributed by atoms with Crippen molar-refractivity contribution in [1.82, 2.24) is 9.80 Å². The maximum atomic E-state index is 5.94. The molecule has 1 aromatic carbocycles. The number of likely N-dealkylation sites (N-methyl/N-ethyl adjacent to an activating group) is 2. The number of nitrogen functional groups attached to an aromatic ring is 1. The maximum absolute atomic E-state index is 5.94. The molecule has 0 aromatic heterocycles. The number of nitrogens with two attached hydrogens (primary N) is 1. The molecule has 2 rings (SSSR count). The number of hydrogen-bond donors (Lipinski definition) is 1. The largest absolute Gasteiger partial charge is 0.398 e. The summed E-state index contributed by atoms with van der Waals surface area (Å²) in [5.41, 5.74) is 8.39. The summed E-state index contributed by atoms with van der Waals surface area (Å²) >= 11 is 3.59. The Kier molecular flexibility index (Phi) is 4.54. The molecule has 2 N–H and O–H groups in total. The topological polar surface area (TPSA) is 32.5 Å². The van der Waals surface area contributed by atoms with Gasteiger partial charge in [0.15, 0.2) is 0 Å². The number of rotatable bonds is 5. The fraction of sp³-hybridized carbons (Fsp3) is 0.600. The van der Waals surface area contributed by atoms with Crippen molar-refractivity contribution in [1.29, 1.82) is 0 Å². The minimum absolute atomic E-state index is 0.377. The standard InChI is InChI=1S/C15H24BrN3/c1-18(2)15(8-5-9-15)11-19(3)10-12-6-4-7-13(17)14(12)16/h4,6-7H,5,8-11,17H2,1-3H3. The zero-order valence-electron chi connectivity index (χ0n) is 12.1. The first-order chi connectivity index (χ1) is 8.94. The Morgan fingerprint density at radius 3 is 2.47 bits per heavy atom. The minimum Gasteiger partial charge on any atom is -0.398 e. The minimum atomic E-state index is 0.377. The van der Waals surface area contributed by atoms with Gasteiger partial charge in [-0.05, 0) is 68.0 Å². The van der Waals surface area contributed by atoms with Gasteiger partial charge in [-0.15, -0.1) is 0 Å². The number of benzene rings is 1. The Bertz CT molecular complexity index is 441. The van der Waals surface area contributed by atoms with Crippen LogP contribution in [0.4, 0.5) is 5.69 Å². The van der Waals surface area contributed by atoms with E-state index in [0.29, 0.717) is 5.54 Å². The molecule has 0 saturated heterocycles. The Morgan fingerprint density at radius 1 is 1.26 bits per heavy atom. The van der Waals surface area contributed by atoms with Crippen LogP contribution in [0.5, 0.6) is 0 Å². The Hall–Kier alpha value is -0.580. The lowest BCUT2D eigenvalue weighted by Gasteiger charge is -2.49. The molecule has 19 heavy (non-hydrogen) atoms. The van der Waals surface area contributed by atoms with Crippen LogP contribution in [0.3, 0.4) is 0 Å². The van der Waals surface area contributed by atoms with E-state index < -0.39 is 0 Å². The normalized spacial score (nSPS) is 17.8. The number of anilines is 1. The summed E-state index contributed by atoms with van der Waals surface area (Å²) in [6.45, 7) is 2.04. The molecule has 1 aromatic rings. The predicted molar refractivity (Wildman–Crippen MR) is 85.2 cm³/mol. The molecular weight excluding hydrogens is 302 g/mol. The second-order valence-electron chi connectivity index (χ2n) is 5.96. The third kappa shape index (κ3) is 3.12. The first-order valence-electron chi connectivity index (χ1n) is 6.83. The summed E-state index contributed by atoms with van der Waals surface area (Å²) in [4.78, 5) is 4.79. The molecule has 0 heterocycles. The van der Waals surface area contributed by atoms with Crippen molar-refractivity contribution >= 4 is 21.6 Å². The smallest absolute Gasteiger partial charge is 0.0461 e. The maximum Gasteiger partial charge on any atom is 0.0461 e. The van der Waals surface area contributed by atoms with Gasteiger partial charge in [0, 0.05) is 28.8 Å². The van der Waals surface area contributed by atoms with Gasteiger partial charge in [0.2, 0.25) is 0 Å². The highest BCUT2D eigenvalue weighted by Crippen LogP contribution is 2.37. The van der Waals surface area contributed by atoms with E-state index in [1.807, 2.05) is 12.1 Å². The highest BCUT2D eigenvalue weighted by atomic mass is 79.9. The van der Waals surface area contributed by atoms with E-state index in [4.69, 9.17) is 5.73 Å². The fourth-order valence-corrected chi connectivity index (χ4v) is 3.29. The van der Waals surface area contributed by atoms with Crippen LogP contribution in [0.25, 0.3) is 0 Å². The fourth-order valence-electron chi connectivity index (χ4n) is 2.90. The Labute approximate surface area is 124 Å². The lowest BCUT2D eigenvalue weighted by Crippen LogP contribution is -2.56. The Balaban J connectivity index is 2.01. The third-order valence-electron chi connectivity index (χ3n) is 4.35. The van der Waals surface area contributed by atoms with Crippen molar-refractivity contribution in [3.8, 4) is 0 Å². The molecule has 1 aliphatic carbocycles. The summed E-state index contributed by atoms with van der Waals surface area (Å²) in [6, 6.07) is 6.09. The molecule has 0 bridgehead atoms. The SMILES string of the molecule is CN(Cc1cccc(N)c1Br)CC1(N(C)C)CCC1. The van der Waals surface area contributed by atoms with Crippen LogP contribution in [-0.2, 0) is 6.54 Å². The molecule has 4 heteroatoms. The molecule has 0 atom stereocenters. The lowest BCUT2D eigenvalue weighted by molar-refractivity contribution is 0.0258. The summed E-state index contributed by atoms with van der Waals surface area (Å²) < 4.78 is 1.04. The Morgan fingerprint density at radius 2 is 1.95 bits per heavy atom. The van der Waals surface area contributed by atoms with Crippen molar-refractivity contribution in [2.75, 3.05) is 33.4 Å². The molecular formula is C15H24BrN3.